The summed E-state index contributed by atoms with van der Waals surface area (Å²) in [6.45, 7) is 0.594. The third-order valence-corrected chi connectivity index (χ3v) is 5.03. The normalized spacial score (nSPS) is 24.5. The highest BCUT2D eigenvalue weighted by Crippen LogP contribution is 2.43. The van der Waals surface area contributed by atoms with Crippen molar-refractivity contribution in [2.75, 3.05) is 6.54 Å². The number of aromatic nitrogens is 2. The molecule has 1 heterocycles. The fraction of sp³-hybridized carbons (Fsp3) is 0.368. The van der Waals surface area contributed by atoms with Gasteiger partial charge in [0.15, 0.2) is 0 Å². The van der Waals surface area contributed by atoms with Crippen LogP contribution in [0.2, 0.25) is 0 Å². The van der Waals surface area contributed by atoms with Gasteiger partial charge < -0.3 is 5.32 Å². The maximum Gasteiger partial charge on any atom is 0.223 e. The molecule has 4 nitrogen and oxygen atoms in total. The van der Waals surface area contributed by atoms with Crippen molar-refractivity contribution in [3.8, 4) is 5.69 Å². The van der Waals surface area contributed by atoms with Crippen LogP contribution in [-0.4, -0.2) is 22.2 Å². The Morgan fingerprint density at radius 1 is 1.21 bits per heavy atom. The lowest BCUT2D eigenvalue weighted by Gasteiger charge is -2.17. The molecule has 0 saturated heterocycles. The Labute approximate surface area is 140 Å². The van der Waals surface area contributed by atoms with E-state index in [0.29, 0.717) is 24.8 Å². The number of nitrogens with one attached hydrogen (secondary N) is 1. The van der Waals surface area contributed by atoms with Crippen LogP contribution in [0.5, 0.6) is 0 Å². The van der Waals surface area contributed by atoms with Crippen molar-refractivity contribution in [3.63, 3.8) is 0 Å². The number of rotatable bonds is 5. The lowest BCUT2D eigenvalue weighted by Crippen LogP contribution is -2.34. The number of carbonyl (C=O) groups is 1. The maximum atomic E-state index is 13.0. The van der Waals surface area contributed by atoms with Gasteiger partial charge in [0.25, 0.3) is 0 Å². The standard InChI is InChI=1S/C19H20FN3O/c20-15-3-5-17(6-4-15)23-10-8-16(22-23)7-9-21-19(24)18-12-13-1-2-14(18)11-13/h1-6,8,10,13-14,18H,7,9,11-12H2,(H,21,24). The highest BCUT2D eigenvalue weighted by molar-refractivity contribution is 5.79. The van der Waals surface area contributed by atoms with Crippen molar-refractivity contribution in [3.05, 3.63) is 60.2 Å². The highest BCUT2D eigenvalue weighted by atomic mass is 19.1. The van der Waals surface area contributed by atoms with Gasteiger partial charge in [0.2, 0.25) is 5.91 Å². The third kappa shape index (κ3) is 2.98. The first kappa shape index (κ1) is 15.1. The van der Waals surface area contributed by atoms with Crippen LogP contribution in [-0.2, 0) is 11.2 Å². The molecule has 1 fully saturated rings. The summed E-state index contributed by atoms with van der Waals surface area (Å²) in [5.74, 6) is 1.11. The number of nitrogens with zero attached hydrogens (tertiary/aromatic N) is 2. The van der Waals surface area contributed by atoms with E-state index in [4.69, 9.17) is 0 Å². The SMILES string of the molecule is O=C(NCCc1ccn(-c2ccc(F)cc2)n1)C1CC2C=CC1C2. The zero-order valence-corrected chi connectivity index (χ0v) is 13.4. The summed E-state index contributed by atoms with van der Waals surface area (Å²) in [5.41, 5.74) is 1.73. The van der Waals surface area contributed by atoms with Crippen molar-refractivity contribution in [1.29, 1.82) is 0 Å². The van der Waals surface area contributed by atoms with Gasteiger partial charge in [-0.05, 0) is 55.0 Å². The van der Waals surface area contributed by atoms with Crippen LogP contribution in [0, 0.1) is 23.6 Å². The smallest absolute Gasteiger partial charge is 0.223 e. The third-order valence-electron chi connectivity index (χ3n) is 5.03. The number of halogens is 1. The molecule has 3 atom stereocenters. The number of benzene rings is 1. The molecule has 124 valence electrons. The minimum Gasteiger partial charge on any atom is -0.355 e. The molecule has 2 aromatic rings. The summed E-state index contributed by atoms with van der Waals surface area (Å²) in [5, 5.41) is 7.52. The number of fused-ring (bicyclic) bond motifs is 2. The van der Waals surface area contributed by atoms with Gasteiger partial charge in [-0.25, -0.2) is 9.07 Å². The Morgan fingerprint density at radius 2 is 2.04 bits per heavy atom. The largest absolute Gasteiger partial charge is 0.355 e. The van der Waals surface area contributed by atoms with E-state index in [9.17, 15) is 9.18 Å². The van der Waals surface area contributed by atoms with Crippen LogP contribution < -0.4 is 5.32 Å². The van der Waals surface area contributed by atoms with Crippen LogP contribution in [0.4, 0.5) is 4.39 Å². The van der Waals surface area contributed by atoms with E-state index in [-0.39, 0.29) is 17.6 Å². The molecule has 2 aliphatic carbocycles. The van der Waals surface area contributed by atoms with Gasteiger partial charge in [-0.1, -0.05) is 12.2 Å². The van der Waals surface area contributed by atoms with Gasteiger partial charge in [-0.3, -0.25) is 4.79 Å². The molecular formula is C19H20FN3O. The number of hydrogen-bond acceptors (Lipinski definition) is 2. The monoisotopic (exact) mass is 325 g/mol. The minimum absolute atomic E-state index is 0.150. The lowest BCUT2D eigenvalue weighted by molar-refractivity contribution is -0.125. The topological polar surface area (TPSA) is 46.9 Å². The van der Waals surface area contributed by atoms with Gasteiger partial charge in [0.05, 0.1) is 11.4 Å². The Bertz CT molecular complexity index is 765. The summed E-state index contributed by atoms with van der Waals surface area (Å²) in [6.07, 6.45) is 9.12. The molecular weight excluding hydrogens is 305 g/mol. The summed E-state index contributed by atoms with van der Waals surface area (Å²) >= 11 is 0. The van der Waals surface area contributed by atoms with Gasteiger partial charge in [-0.15, -0.1) is 0 Å². The first-order valence-corrected chi connectivity index (χ1v) is 8.45. The Morgan fingerprint density at radius 3 is 2.75 bits per heavy atom. The van der Waals surface area contributed by atoms with Crippen LogP contribution in [0.15, 0.2) is 48.7 Å². The molecule has 0 spiro atoms. The molecule has 0 radical (unpaired) electrons. The number of carbonyl (C=O) groups excluding carboxylic acids is 1. The molecule has 2 bridgehead atoms. The van der Waals surface area contributed by atoms with E-state index in [1.54, 1.807) is 16.8 Å². The van der Waals surface area contributed by atoms with E-state index in [1.165, 1.54) is 12.1 Å². The average molecular weight is 325 g/mol. The van der Waals surface area contributed by atoms with E-state index >= 15 is 0 Å². The second kappa shape index (κ2) is 6.23. The van der Waals surface area contributed by atoms with E-state index in [1.807, 2.05) is 12.3 Å². The van der Waals surface area contributed by atoms with Crippen molar-refractivity contribution in [2.24, 2.45) is 17.8 Å². The highest BCUT2D eigenvalue weighted by Gasteiger charge is 2.39. The summed E-state index contributed by atoms with van der Waals surface area (Å²) in [7, 11) is 0. The van der Waals surface area contributed by atoms with Crippen molar-refractivity contribution in [2.45, 2.75) is 19.3 Å². The first-order chi connectivity index (χ1) is 11.7. The second-order valence-electron chi connectivity index (χ2n) is 6.66. The molecule has 0 aliphatic heterocycles. The molecule has 1 aromatic carbocycles. The number of amides is 1. The lowest BCUT2D eigenvalue weighted by atomic mass is 9.93. The fourth-order valence-corrected chi connectivity index (χ4v) is 3.76. The summed E-state index contributed by atoms with van der Waals surface area (Å²) < 4.78 is 14.7. The van der Waals surface area contributed by atoms with E-state index in [0.717, 1.165) is 24.2 Å². The Kier molecular flexibility index (Phi) is 3.92. The maximum absolute atomic E-state index is 13.0. The molecule has 4 rings (SSSR count). The summed E-state index contributed by atoms with van der Waals surface area (Å²) in [4.78, 5) is 12.3. The van der Waals surface area contributed by atoms with Crippen LogP contribution in [0.1, 0.15) is 18.5 Å². The quantitative estimate of drug-likeness (QED) is 0.859. The molecule has 3 unspecified atom stereocenters. The van der Waals surface area contributed by atoms with Crippen molar-refractivity contribution in [1.82, 2.24) is 15.1 Å². The summed E-state index contributed by atoms with van der Waals surface area (Å²) in [6, 6.07) is 8.14. The molecule has 5 heteroatoms. The van der Waals surface area contributed by atoms with Crippen LogP contribution >= 0.6 is 0 Å². The second-order valence-corrected chi connectivity index (χ2v) is 6.66. The number of allylic oxidation sites excluding steroid dienone is 2. The molecule has 24 heavy (non-hydrogen) atoms. The molecule has 1 amide bonds. The average Bonchev–Trinajstić information content (AvgIpc) is 3.32. The Balaban J connectivity index is 1.30. The number of hydrogen-bond donors (Lipinski definition) is 1. The first-order valence-electron chi connectivity index (χ1n) is 8.45. The molecule has 1 saturated carbocycles. The zero-order valence-electron chi connectivity index (χ0n) is 13.4. The van der Waals surface area contributed by atoms with E-state index < -0.39 is 0 Å². The van der Waals surface area contributed by atoms with Gasteiger partial charge in [0, 0.05) is 25.1 Å². The minimum atomic E-state index is -0.260. The predicted molar refractivity (Wildman–Crippen MR) is 89.1 cm³/mol. The molecule has 2 aliphatic rings. The molecule has 1 N–H and O–H groups in total. The zero-order chi connectivity index (χ0) is 16.5. The van der Waals surface area contributed by atoms with E-state index in [2.05, 4.69) is 22.6 Å². The predicted octanol–water partition coefficient (Wildman–Crippen LogP) is 2.88. The van der Waals surface area contributed by atoms with Crippen LogP contribution in [0.3, 0.4) is 0 Å². The van der Waals surface area contributed by atoms with Crippen molar-refractivity contribution < 1.29 is 9.18 Å². The van der Waals surface area contributed by atoms with Gasteiger partial charge in [0.1, 0.15) is 5.82 Å². The van der Waals surface area contributed by atoms with Gasteiger partial charge in [-0.2, -0.15) is 5.10 Å². The fourth-order valence-electron chi connectivity index (χ4n) is 3.76. The molecule has 1 aromatic heterocycles. The van der Waals surface area contributed by atoms with Crippen LogP contribution in [0.25, 0.3) is 5.69 Å². The van der Waals surface area contributed by atoms with Crippen molar-refractivity contribution >= 4 is 5.91 Å². The van der Waals surface area contributed by atoms with Gasteiger partial charge >= 0.3 is 0 Å². The Hall–Kier alpha value is -2.43.